The van der Waals surface area contributed by atoms with Crippen molar-refractivity contribution in [3.8, 4) is 0 Å². The van der Waals surface area contributed by atoms with Gasteiger partial charge in [-0.15, -0.1) is 0 Å². The lowest BCUT2D eigenvalue weighted by Crippen LogP contribution is -2.45. The maximum absolute atomic E-state index is 13.2. The number of nitrogens with one attached hydrogen (secondary N) is 2. The molecule has 0 aliphatic carbocycles. The van der Waals surface area contributed by atoms with Crippen molar-refractivity contribution in [2.24, 2.45) is 5.92 Å². The number of carbonyl (C=O) groups is 2. The zero-order chi connectivity index (χ0) is 22.4. The minimum atomic E-state index is -4.00. The Kier molecular flexibility index (Phi) is 7.27. The second-order valence-corrected chi connectivity index (χ2v) is 9.17. The number of rotatable bonds is 7. The molecule has 0 aromatic heterocycles. The van der Waals surface area contributed by atoms with Crippen LogP contribution in [-0.2, 0) is 14.8 Å². The third kappa shape index (κ3) is 5.61. The summed E-state index contributed by atoms with van der Waals surface area (Å²) < 4.78 is 41.0. The van der Waals surface area contributed by atoms with Crippen molar-refractivity contribution in [2.75, 3.05) is 24.4 Å². The van der Waals surface area contributed by atoms with Crippen molar-refractivity contribution in [1.29, 1.82) is 0 Å². The van der Waals surface area contributed by atoms with Gasteiger partial charge in [-0.1, -0.05) is 19.1 Å². The van der Waals surface area contributed by atoms with Gasteiger partial charge in [-0.05, 0) is 55.7 Å². The van der Waals surface area contributed by atoms with E-state index in [1.54, 1.807) is 23.1 Å². The van der Waals surface area contributed by atoms with E-state index in [9.17, 15) is 22.4 Å². The molecule has 0 spiro atoms. The Balaban J connectivity index is 1.78. The van der Waals surface area contributed by atoms with E-state index in [1.807, 2.05) is 6.92 Å². The Morgan fingerprint density at radius 1 is 1.13 bits per heavy atom. The first-order chi connectivity index (χ1) is 14.8. The second kappa shape index (κ2) is 9.91. The van der Waals surface area contributed by atoms with E-state index in [-0.39, 0.29) is 40.4 Å². The Hall–Kier alpha value is -2.94. The smallest absolute Gasteiger partial charge is 0.261 e. The molecule has 9 heteroatoms. The number of hydrogen-bond donors (Lipinski definition) is 2. The van der Waals surface area contributed by atoms with Gasteiger partial charge in [-0.25, -0.2) is 12.8 Å². The van der Waals surface area contributed by atoms with Crippen LogP contribution in [0.5, 0.6) is 0 Å². The zero-order valence-electron chi connectivity index (χ0n) is 17.3. The number of para-hydroxylation sites is 1. The maximum atomic E-state index is 13.2. The first-order valence-corrected chi connectivity index (χ1v) is 11.7. The third-order valence-electron chi connectivity index (χ3n) is 5.15. The summed E-state index contributed by atoms with van der Waals surface area (Å²) in [5.41, 5.74) is 0.331. The van der Waals surface area contributed by atoms with Gasteiger partial charge in [0, 0.05) is 19.6 Å². The van der Waals surface area contributed by atoms with E-state index in [0.29, 0.717) is 25.9 Å². The largest absolute Gasteiger partial charge is 0.356 e. The number of sulfonamides is 1. The highest BCUT2D eigenvalue weighted by Gasteiger charge is 2.30. The van der Waals surface area contributed by atoms with Crippen LogP contribution in [-0.4, -0.2) is 44.8 Å². The molecule has 3 rings (SSSR count). The molecule has 1 heterocycles. The zero-order valence-corrected chi connectivity index (χ0v) is 18.1. The number of carbonyl (C=O) groups excluding carboxylic acids is 2. The van der Waals surface area contributed by atoms with Crippen molar-refractivity contribution >= 4 is 27.5 Å². The summed E-state index contributed by atoms with van der Waals surface area (Å²) in [5.74, 6) is -1.24. The first-order valence-electron chi connectivity index (χ1n) is 10.3. The minimum Gasteiger partial charge on any atom is -0.356 e. The van der Waals surface area contributed by atoms with Gasteiger partial charge in [0.25, 0.3) is 15.9 Å². The molecule has 166 valence electrons. The molecule has 2 aromatic carbocycles. The fraction of sp³-hybridized carbons (Fsp3) is 0.364. The SMILES string of the molecule is CCCNC(=O)C1CCCN(C(=O)c2ccccc2NS(=O)(=O)c2ccc(F)cc2)C1. The number of nitrogens with zero attached hydrogens (tertiary/aromatic N) is 1. The predicted molar refractivity (Wildman–Crippen MR) is 116 cm³/mol. The monoisotopic (exact) mass is 447 g/mol. The van der Waals surface area contributed by atoms with E-state index in [4.69, 9.17) is 0 Å². The number of amides is 2. The number of benzene rings is 2. The number of hydrogen-bond acceptors (Lipinski definition) is 4. The van der Waals surface area contributed by atoms with E-state index in [2.05, 4.69) is 10.0 Å². The minimum absolute atomic E-state index is 0.0651. The summed E-state index contributed by atoms with van der Waals surface area (Å²) in [7, 11) is -4.00. The van der Waals surface area contributed by atoms with Gasteiger partial charge >= 0.3 is 0 Å². The summed E-state index contributed by atoms with van der Waals surface area (Å²) in [4.78, 5) is 27.0. The van der Waals surface area contributed by atoms with E-state index in [0.717, 1.165) is 30.7 Å². The van der Waals surface area contributed by atoms with Crippen molar-refractivity contribution in [1.82, 2.24) is 10.2 Å². The van der Waals surface area contributed by atoms with E-state index in [1.165, 1.54) is 6.07 Å². The predicted octanol–water partition coefficient (Wildman–Crippen LogP) is 3.00. The molecule has 1 unspecified atom stereocenters. The third-order valence-corrected chi connectivity index (χ3v) is 6.54. The summed E-state index contributed by atoms with van der Waals surface area (Å²) in [5, 5.41) is 2.87. The summed E-state index contributed by atoms with van der Waals surface area (Å²) >= 11 is 0. The normalized spacial score (nSPS) is 16.6. The number of piperidine rings is 1. The molecule has 2 aromatic rings. The standard InChI is InChI=1S/C22H26FN3O4S/c1-2-13-24-21(27)16-6-5-14-26(15-16)22(28)19-7-3-4-8-20(19)25-31(29,30)18-11-9-17(23)10-12-18/h3-4,7-12,16,25H,2,5-6,13-15H2,1H3,(H,24,27). The maximum Gasteiger partial charge on any atom is 0.261 e. The van der Waals surface area contributed by atoms with Gasteiger partial charge in [0.15, 0.2) is 0 Å². The molecular weight excluding hydrogens is 421 g/mol. The van der Waals surface area contributed by atoms with Crippen molar-refractivity contribution < 1.29 is 22.4 Å². The molecule has 0 bridgehead atoms. The highest BCUT2D eigenvalue weighted by molar-refractivity contribution is 7.92. The Bertz CT molecular complexity index is 1040. The van der Waals surface area contributed by atoms with Gasteiger partial charge in [0.05, 0.1) is 22.1 Å². The number of likely N-dealkylation sites (tertiary alicyclic amines) is 1. The van der Waals surface area contributed by atoms with Gasteiger partial charge in [0.2, 0.25) is 5.91 Å². The summed E-state index contributed by atoms with van der Waals surface area (Å²) in [6.07, 6.45) is 2.24. The molecular formula is C22H26FN3O4S. The molecule has 1 aliphatic rings. The molecule has 0 radical (unpaired) electrons. The van der Waals surface area contributed by atoms with Crippen LogP contribution in [0.3, 0.4) is 0 Å². The van der Waals surface area contributed by atoms with Crippen LogP contribution in [0.25, 0.3) is 0 Å². The van der Waals surface area contributed by atoms with Gasteiger partial charge < -0.3 is 10.2 Å². The van der Waals surface area contributed by atoms with E-state index >= 15 is 0 Å². The van der Waals surface area contributed by atoms with Crippen LogP contribution < -0.4 is 10.0 Å². The molecule has 1 atom stereocenters. The Morgan fingerprint density at radius 2 is 1.84 bits per heavy atom. The van der Waals surface area contributed by atoms with Gasteiger partial charge in [0.1, 0.15) is 5.82 Å². The van der Waals surface area contributed by atoms with Crippen LogP contribution in [0.1, 0.15) is 36.5 Å². The van der Waals surface area contributed by atoms with Crippen molar-refractivity contribution in [3.05, 3.63) is 59.9 Å². The highest BCUT2D eigenvalue weighted by Crippen LogP contribution is 2.24. The van der Waals surface area contributed by atoms with E-state index < -0.39 is 15.8 Å². The van der Waals surface area contributed by atoms with Crippen molar-refractivity contribution in [3.63, 3.8) is 0 Å². The molecule has 2 N–H and O–H groups in total. The Labute approximate surface area is 181 Å². The first kappa shape index (κ1) is 22.7. The van der Waals surface area contributed by atoms with Gasteiger partial charge in [-0.3, -0.25) is 14.3 Å². The highest BCUT2D eigenvalue weighted by atomic mass is 32.2. The van der Waals surface area contributed by atoms with Gasteiger partial charge in [-0.2, -0.15) is 0 Å². The number of halogens is 1. The lowest BCUT2D eigenvalue weighted by molar-refractivity contribution is -0.126. The molecule has 1 saturated heterocycles. The van der Waals surface area contributed by atoms with Crippen LogP contribution in [0.15, 0.2) is 53.4 Å². The van der Waals surface area contributed by atoms with Crippen LogP contribution >= 0.6 is 0 Å². The summed E-state index contributed by atoms with van der Waals surface area (Å²) in [6, 6.07) is 10.8. The summed E-state index contributed by atoms with van der Waals surface area (Å²) in [6.45, 7) is 3.35. The number of anilines is 1. The van der Waals surface area contributed by atoms with Crippen LogP contribution in [0, 0.1) is 11.7 Å². The molecule has 7 nitrogen and oxygen atoms in total. The average Bonchev–Trinajstić information content (AvgIpc) is 2.77. The topological polar surface area (TPSA) is 95.6 Å². The molecule has 2 amide bonds. The molecule has 31 heavy (non-hydrogen) atoms. The second-order valence-electron chi connectivity index (χ2n) is 7.49. The lowest BCUT2D eigenvalue weighted by atomic mass is 9.96. The van der Waals surface area contributed by atoms with Crippen LogP contribution in [0.2, 0.25) is 0 Å². The Morgan fingerprint density at radius 3 is 2.55 bits per heavy atom. The quantitative estimate of drug-likeness (QED) is 0.682. The fourth-order valence-corrected chi connectivity index (χ4v) is 4.59. The lowest BCUT2D eigenvalue weighted by Gasteiger charge is -2.32. The molecule has 1 fully saturated rings. The fourth-order valence-electron chi connectivity index (χ4n) is 3.51. The van der Waals surface area contributed by atoms with Crippen LogP contribution in [0.4, 0.5) is 10.1 Å². The average molecular weight is 448 g/mol. The molecule has 1 aliphatic heterocycles. The van der Waals surface area contributed by atoms with Crippen molar-refractivity contribution in [2.45, 2.75) is 31.1 Å². The molecule has 0 saturated carbocycles.